The van der Waals surface area contributed by atoms with Crippen molar-refractivity contribution in [3.05, 3.63) is 0 Å². The monoisotopic (exact) mass is 335 g/mol. The molecule has 5 nitrogen and oxygen atoms in total. The average Bonchev–Trinajstić information content (AvgIpc) is 3.27. The molecule has 3 fully saturated rings. The summed E-state index contributed by atoms with van der Waals surface area (Å²) in [5.74, 6) is 1.17. The summed E-state index contributed by atoms with van der Waals surface area (Å²) >= 11 is 0. The minimum atomic E-state index is 0.134. The van der Waals surface area contributed by atoms with Crippen molar-refractivity contribution in [2.75, 3.05) is 13.1 Å². The number of hydrogen-bond acceptors (Lipinski definition) is 3. The number of amides is 2. The lowest BCUT2D eigenvalue weighted by Gasteiger charge is -2.29. The van der Waals surface area contributed by atoms with Gasteiger partial charge in [-0.1, -0.05) is 12.8 Å². The molecule has 3 rings (SSSR count). The molecule has 2 aliphatic carbocycles. The Bertz CT molecular complexity index is 420. The summed E-state index contributed by atoms with van der Waals surface area (Å²) in [5.41, 5.74) is 0. The average molecular weight is 335 g/mol. The van der Waals surface area contributed by atoms with Crippen LogP contribution in [-0.4, -0.2) is 37.0 Å². The van der Waals surface area contributed by atoms with Crippen molar-refractivity contribution in [1.82, 2.24) is 16.0 Å². The van der Waals surface area contributed by atoms with Gasteiger partial charge in [0, 0.05) is 31.0 Å². The largest absolute Gasteiger partial charge is 0.354 e. The van der Waals surface area contributed by atoms with Crippen LogP contribution in [0.3, 0.4) is 0 Å². The van der Waals surface area contributed by atoms with Gasteiger partial charge in [0.15, 0.2) is 0 Å². The minimum absolute atomic E-state index is 0.134. The SMILES string of the molecule is O=C(CC1CCCC1)NC1CCC(C(=O)NCC2CCCN2)CC1. The Kier molecular flexibility index (Phi) is 6.52. The lowest BCUT2D eigenvalue weighted by molar-refractivity contribution is -0.126. The van der Waals surface area contributed by atoms with Gasteiger partial charge >= 0.3 is 0 Å². The van der Waals surface area contributed by atoms with Crippen LogP contribution in [-0.2, 0) is 9.59 Å². The zero-order valence-corrected chi connectivity index (χ0v) is 14.8. The van der Waals surface area contributed by atoms with Gasteiger partial charge in [-0.2, -0.15) is 0 Å². The molecule has 3 N–H and O–H groups in total. The molecule has 0 spiro atoms. The molecule has 0 aromatic carbocycles. The van der Waals surface area contributed by atoms with E-state index in [1.54, 1.807) is 0 Å². The third kappa shape index (κ3) is 5.20. The Morgan fingerprint density at radius 2 is 1.67 bits per heavy atom. The van der Waals surface area contributed by atoms with Crippen LogP contribution in [0.4, 0.5) is 0 Å². The normalized spacial score (nSPS) is 31.1. The van der Waals surface area contributed by atoms with E-state index >= 15 is 0 Å². The van der Waals surface area contributed by atoms with Crippen LogP contribution in [0.2, 0.25) is 0 Å². The Morgan fingerprint density at radius 1 is 0.917 bits per heavy atom. The first kappa shape index (κ1) is 17.7. The highest BCUT2D eigenvalue weighted by molar-refractivity contribution is 5.79. The Hall–Kier alpha value is -1.10. The predicted octanol–water partition coefficient (Wildman–Crippen LogP) is 2.11. The van der Waals surface area contributed by atoms with E-state index in [9.17, 15) is 9.59 Å². The van der Waals surface area contributed by atoms with Crippen molar-refractivity contribution >= 4 is 11.8 Å². The summed E-state index contributed by atoms with van der Waals surface area (Å²) in [6.07, 6.45) is 11.8. The van der Waals surface area contributed by atoms with Crippen molar-refractivity contribution in [2.45, 2.75) is 82.7 Å². The van der Waals surface area contributed by atoms with Gasteiger partial charge in [-0.25, -0.2) is 0 Å². The fourth-order valence-corrected chi connectivity index (χ4v) is 4.56. The van der Waals surface area contributed by atoms with Gasteiger partial charge in [0.2, 0.25) is 11.8 Å². The van der Waals surface area contributed by atoms with Gasteiger partial charge in [-0.05, 0) is 63.8 Å². The number of carbonyl (C=O) groups is 2. The smallest absolute Gasteiger partial charge is 0.223 e. The number of carbonyl (C=O) groups excluding carboxylic acids is 2. The van der Waals surface area contributed by atoms with Crippen molar-refractivity contribution < 1.29 is 9.59 Å². The predicted molar refractivity (Wildman–Crippen MR) is 94.5 cm³/mol. The third-order valence-corrected chi connectivity index (χ3v) is 6.10. The molecule has 5 heteroatoms. The second-order valence-corrected chi connectivity index (χ2v) is 8.01. The van der Waals surface area contributed by atoms with Crippen LogP contribution >= 0.6 is 0 Å². The van der Waals surface area contributed by atoms with E-state index in [0.29, 0.717) is 18.4 Å². The summed E-state index contributed by atoms with van der Waals surface area (Å²) in [7, 11) is 0. The molecule has 0 aromatic heterocycles. The third-order valence-electron chi connectivity index (χ3n) is 6.10. The van der Waals surface area contributed by atoms with Gasteiger partial charge in [-0.3, -0.25) is 9.59 Å². The molecule has 2 saturated carbocycles. The fourth-order valence-electron chi connectivity index (χ4n) is 4.56. The van der Waals surface area contributed by atoms with Crippen molar-refractivity contribution in [1.29, 1.82) is 0 Å². The topological polar surface area (TPSA) is 70.2 Å². The first-order valence-electron chi connectivity index (χ1n) is 10.0. The molecule has 0 bridgehead atoms. The number of hydrogen-bond donors (Lipinski definition) is 3. The van der Waals surface area contributed by atoms with Gasteiger partial charge in [0.05, 0.1) is 0 Å². The van der Waals surface area contributed by atoms with E-state index in [-0.39, 0.29) is 23.8 Å². The maximum atomic E-state index is 12.3. The second kappa shape index (κ2) is 8.84. The Morgan fingerprint density at radius 3 is 2.33 bits per heavy atom. The van der Waals surface area contributed by atoms with Crippen LogP contribution in [0.1, 0.15) is 70.6 Å². The summed E-state index contributed by atoms with van der Waals surface area (Å²) in [6.45, 7) is 1.84. The van der Waals surface area contributed by atoms with Crippen LogP contribution < -0.4 is 16.0 Å². The van der Waals surface area contributed by atoms with Gasteiger partial charge in [0.25, 0.3) is 0 Å². The first-order valence-corrected chi connectivity index (χ1v) is 10.0. The maximum absolute atomic E-state index is 12.3. The van der Waals surface area contributed by atoms with Crippen molar-refractivity contribution in [3.8, 4) is 0 Å². The molecular weight excluding hydrogens is 302 g/mol. The second-order valence-electron chi connectivity index (χ2n) is 8.01. The summed E-state index contributed by atoms with van der Waals surface area (Å²) in [5, 5.41) is 9.72. The molecule has 3 aliphatic rings. The highest BCUT2D eigenvalue weighted by Crippen LogP contribution is 2.28. The van der Waals surface area contributed by atoms with E-state index in [1.165, 1.54) is 38.5 Å². The summed E-state index contributed by atoms with van der Waals surface area (Å²) in [6, 6.07) is 0.736. The molecule has 1 atom stereocenters. The molecule has 1 heterocycles. The van der Waals surface area contributed by atoms with Gasteiger partial charge < -0.3 is 16.0 Å². The van der Waals surface area contributed by atoms with E-state index < -0.39 is 0 Å². The van der Waals surface area contributed by atoms with E-state index in [1.807, 2.05) is 0 Å². The molecule has 2 amide bonds. The van der Waals surface area contributed by atoms with Crippen LogP contribution in [0.5, 0.6) is 0 Å². The van der Waals surface area contributed by atoms with Gasteiger partial charge in [-0.15, -0.1) is 0 Å². The van der Waals surface area contributed by atoms with E-state index in [4.69, 9.17) is 0 Å². The van der Waals surface area contributed by atoms with Crippen LogP contribution in [0.15, 0.2) is 0 Å². The Balaban J connectivity index is 1.31. The zero-order valence-electron chi connectivity index (χ0n) is 14.8. The molecule has 24 heavy (non-hydrogen) atoms. The highest BCUT2D eigenvalue weighted by atomic mass is 16.2. The molecule has 1 aliphatic heterocycles. The molecule has 1 unspecified atom stereocenters. The summed E-state index contributed by atoms with van der Waals surface area (Å²) in [4.78, 5) is 24.4. The lowest BCUT2D eigenvalue weighted by Crippen LogP contribution is -2.43. The fraction of sp³-hybridized carbons (Fsp3) is 0.895. The Labute approximate surface area is 145 Å². The van der Waals surface area contributed by atoms with E-state index in [0.717, 1.165) is 38.8 Å². The highest BCUT2D eigenvalue weighted by Gasteiger charge is 2.28. The lowest BCUT2D eigenvalue weighted by atomic mass is 9.85. The molecule has 136 valence electrons. The zero-order chi connectivity index (χ0) is 16.8. The summed E-state index contributed by atoms with van der Waals surface area (Å²) < 4.78 is 0. The minimum Gasteiger partial charge on any atom is -0.354 e. The number of rotatable bonds is 6. The van der Waals surface area contributed by atoms with Crippen molar-refractivity contribution in [2.24, 2.45) is 11.8 Å². The van der Waals surface area contributed by atoms with E-state index in [2.05, 4.69) is 16.0 Å². The molecule has 0 radical (unpaired) electrons. The molecular formula is C19H33N3O2. The maximum Gasteiger partial charge on any atom is 0.223 e. The quantitative estimate of drug-likeness (QED) is 0.696. The standard InChI is InChI=1S/C19H33N3O2/c23-18(12-14-4-1-2-5-14)22-16-9-7-15(8-10-16)19(24)21-13-17-6-3-11-20-17/h14-17,20H,1-13H2,(H,21,24)(H,22,23). The van der Waals surface area contributed by atoms with Gasteiger partial charge in [0.1, 0.15) is 0 Å². The molecule has 1 saturated heterocycles. The van der Waals surface area contributed by atoms with Crippen molar-refractivity contribution in [3.63, 3.8) is 0 Å². The van der Waals surface area contributed by atoms with Crippen LogP contribution in [0, 0.1) is 11.8 Å². The first-order chi connectivity index (χ1) is 11.7. The molecule has 0 aromatic rings. The van der Waals surface area contributed by atoms with Crippen LogP contribution in [0.25, 0.3) is 0 Å². The number of nitrogens with one attached hydrogen (secondary N) is 3.